The number of carbonyl (C=O) groups is 1. The van der Waals surface area contributed by atoms with Crippen molar-refractivity contribution in [2.45, 2.75) is 25.7 Å². The molecule has 6 heterocycles. The molecule has 188 valence electrons. The van der Waals surface area contributed by atoms with Gasteiger partial charge in [0.2, 0.25) is 5.91 Å². The number of aliphatic imine (C=N–C) groups is 1. The van der Waals surface area contributed by atoms with Gasteiger partial charge in [0.1, 0.15) is 5.69 Å². The van der Waals surface area contributed by atoms with Gasteiger partial charge in [-0.1, -0.05) is 6.42 Å². The van der Waals surface area contributed by atoms with Gasteiger partial charge in [0.25, 0.3) is 0 Å². The van der Waals surface area contributed by atoms with Crippen molar-refractivity contribution in [1.29, 1.82) is 0 Å². The maximum Gasteiger partial charge on any atom is 0.227 e. The molecule has 1 amide bonds. The third kappa shape index (κ3) is 4.00. The Labute approximate surface area is 217 Å². The van der Waals surface area contributed by atoms with E-state index in [1.807, 2.05) is 30.5 Å². The molecule has 10 nitrogen and oxygen atoms in total. The standard InChI is InChI=1S/C28H24N8O2/c37-28(16-2-1-3-16)32-19-10-18(12-30-13-19)23-11-21-24(14-31-23)35-36-26(21)27-33-22-5-8-29-7-4-20(25(22)34-27)17-6-9-38-15-17/h4,6-7,9-16H,1-3,5,8H2,(H,32,37)(H,33,34)(H,35,36)/b20-4-,29-7?. The maximum atomic E-state index is 12.4. The van der Waals surface area contributed by atoms with E-state index in [0.29, 0.717) is 23.8 Å². The average Bonchev–Trinajstić information content (AvgIpc) is 3.63. The lowest BCUT2D eigenvalue weighted by Crippen LogP contribution is -2.28. The molecule has 0 unspecified atom stereocenters. The maximum absolute atomic E-state index is 12.4. The molecular weight excluding hydrogens is 480 g/mol. The summed E-state index contributed by atoms with van der Waals surface area (Å²) in [5.41, 5.74) is 7.42. The van der Waals surface area contributed by atoms with Crippen molar-refractivity contribution in [2.75, 3.05) is 11.9 Å². The first-order valence-corrected chi connectivity index (χ1v) is 12.7. The Kier molecular flexibility index (Phi) is 5.42. The number of rotatable bonds is 5. The van der Waals surface area contributed by atoms with Gasteiger partial charge in [0, 0.05) is 59.1 Å². The zero-order chi connectivity index (χ0) is 25.5. The van der Waals surface area contributed by atoms with Gasteiger partial charge in [-0.3, -0.25) is 24.9 Å². The highest BCUT2D eigenvalue weighted by molar-refractivity contribution is 5.96. The highest BCUT2D eigenvalue weighted by Crippen LogP contribution is 2.33. The predicted octanol–water partition coefficient (Wildman–Crippen LogP) is 4.80. The number of nitrogens with one attached hydrogen (secondary N) is 3. The minimum absolute atomic E-state index is 0.0540. The molecule has 5 aromatic heterocycles. The number of amides is 1. The quantitative estimate of drug-likeness (QED) is 0.314. The molecule has 1 fully saturated rings. The zero-order valence-corrected chi connectivity index (χ0v) is 20.4. The Morgan fingerprint density at radius 1 is 1.11 bits per heavy atom. The molecule has 0 spiro atoms. The van der Waals surface area contributed by atoms with Crippen LogP contribution in [0.2, 0.25) is 0 Å². The van der Waals surface area contributed by atoms with Crippen molar-refractivity contribution in [1.82, 2.24) is 30.1 Å². The van der Waals surface area contributed by atoms with Crippen LogP contribution in [0.25, 0.3) is 39.3 Å². The van der Waals surface area contributed by atoms with E-state index in [2.05, 4.69) is 35.5 Å². The Bertz CT molecular complexity index is 1710. The Hall–Kier alpha value is -4.86. The number of hydrogen-bond acceptors (Lipinski definition) is 7. The summed E-state index contributed by atoms with van der Waals surface area (Å²) in [6.45, 7) is 0.666. The fourth-order valence-corrected chi connectivity index (χ4v) is 4.85. The number of H-pyrrole nitrogens is 2. The molecule has 0 saturated heterocycles. The van der Waals surface area contributed by atoms with Crippen LogP contribution in [0.15, 0.2) is 64.8 Å². The molecule has 3 N–H and O–H groups in total. The van der Waals surface area contributed by atoms with Crippen molar-refractivity contribution in [3.63, 3.8) is 0 Å². The highest BCUT2D eigenvalue weighted by atomic mass is 16.3. The van der Waals surface area contributed by atoms with Crippen LogP contribution in [0.1, 0.15) is 36.2 Å². The second-order valence-electron chi connectivity index (χ2n) is 9.58. The lowest BCUT2D eigenvalue weighted by atomic mass is 9.85. The van der Waals surface area contributed by atoms with Crippen LogP contribution in [-0.2, 0) is 11.2 Å². The normalized spacial score (nSPS) is 16.8. The van der Waals surface area contributed by atoms with Crippen LogP contribution in [0.5, 0.6) is 0 Å². The fourth-order valence-electron chi connectivity index (χ4n) is 4.85. The number of aromatic nitrogens is 6. The average molecular weight is 505 g/mol. The molecule has 5 aromatic rings. The SMILES string of the molecule is O=C(Nc1cncc(-c2cc3c(-c4nc5c([nH]4)CCN=C/C=C\5c4ccoc4)n[nH]c3cn2)c1)C1CCC1. The smallest absolute Gasteiger partial charge is 0.227 e. The number of imidazole rings is 1. The number of fused-ring (bicyclic) bond motifs is 2. The Morgan fingerprint density at radius 2 is 2.05 bits per heavy atom. The van der Waals surface area contributed by atoms with Crippen molar-refractivity contribution in [3.8, 4) is 22.8 Å². The van der Waals surface area contributed by atoms with E-state index in [1.54, 1.807) is 31.1 Å². The van der Waals surface area contributed by atoms with Crippen LogP contribution in [0, 0.1) is 5.92 Å². The van der Waals surface area contributed by atoms with E-state index in [9.17, 15) is 4.79 Å². The van der Waals surface area contributed by atoms with E-state index in [0.717, 1.165) is 70.4 Å². The second kappa shape index (κ2) is 9.22. The number of anilines is 1. The van der Waals surface area contributed by atoms with Crippen molar-refractivity contribution in [3.05, 3.63) is 72.3 Å². The topological polar surface area (TPSA) is 138 Å². The summed E-state index contributed by atoms with van der Waals surface area (Å²) in [6.07, 6.45) is 16.0. The molecular formula is C28H24N8O2. The van der Waals surface area contributed by atoms with Gasteiger partial charge in [-0.25, -0.2) is 4.98 Å². The van der Waals surface area contributed by atoms with Crippen molar-refractivity contribution in [2.24, 2.45) is 10.9 Å². The molecule has 0 atom stereocenters. The monoisotopic (exact) mass is 504 g/mol. The van der Waals surface area contributed by atoms with Crippen LogP contribution in [0.3, 0.4) is 0 Å². The molecule has 0 radical (unpaired) electrons. The molecule has 1 saturated carbocycles. The first kappa shape index (κ1) is 22.3. The van der Waals surface area contributed by atoms with E-state index in [4.69, 9.17) is 9.40 Å². The number of pyridine rings is 2. The number of nitrogens with zero attached hydrogens (tertiary/aromatic N) is 5. The Morgan fingerprint density at radius 3 is 2.89 bits per heavy atom. The first-order valence-electron chi connectivity index (χ1n) is 12.7. The largest absolute Gasteiger partial charge is 0.472 e. The van der Waals surface area contributed by atoms with Gasteiger partial charge in [0.05, 0.1) is 47.5 Å². The minimum atomic E-state index is 0.0540. The van der Waals surface area contributed by atoms with Gasteiger partial charge in [-0.05, 0) is 37.1 Å². The van der Waals surface area contributed by atoms with Crippen molar-refractivity contribution >= 4 is 34.3 Å². The van der Waals surface area contributed by atoms with E-state index in [-0.39, 0.29) is 11.8 Å². The van der Waals surface area contributed by atoms with Crippen LogP contribution in [0.4, 0.5) is 5.69 Å². The molecule has 2 aliphatic rings. The van der Waals surface area contributed by atoms with Gasteiger partial charge in [0.15, 0.2) is 5.82 Å². The predicted molar refractivity (Wildman–Crippen MR) is 144 cm³/mol. The van der Waals surface area contributed by atoms with Crippen LogP contribution in [-0.4, -0.2) is 48.8 Å². The zero-order valence-electron chi connectivity index (χ0n) is 20.4. The van der Waals surface area contributed by atoms with E-state index in [1.165, 1.54) is 0 Å². The molecule has 38 heavy (non-hydrogen) atoms. The minimum Gasteiger partial charge on any atom is -0.472 e. The first-order chi connectivity index (χ1) is 18.7. The molecule has 0 bridgehead atoms. The highest BCUT2D eigenvalue weighted by Gasteiger charge is 2.25. The van der Waals surface area contributed by atoms with Crippen LogP contribution < -0.4 is 5.32 Å². The van der Waals surface area contributed by atoms with E-state index >= 15 is 0 Å². The number of allylic oxidation sites excluding steroid dienone is 1. The summed E-state index contributed by atoms with van der Waals surface area (Å²) in [6, 6.07) is 5.79. The third-order valence-corrected chi connectivity index (χ3v) is 7.15. The van der Waals surface area contributed by atoms with Crippen LogP contribution >= 0.6 is 0 Å². The van der Waals surface area contributed by atoms with E-state index < -0.39 is 0 Å². The lowest BCUT2D eigenvalue weighted by molar-refractivity contribution is -0.122. The summed E-state index contributed by atoms with van der Waals surface area (Å²) in [4.78, 5) is 34.3. The molecule has 1 aliphatic carbocycles. The summed E-state index contributed by atoms with van der Waals surface area (Å²) in [5.74, 6) is 0.817. The van der Waals surface area contributed by atoms with Gasteiger partial charge >= 0.3 is 0 Å². The molecule has 10 heteroatoms. The summed E-state index contributed by atoms with van der Waals surface area (Å²) in [5, 5.41) is 11.5. The molecule has 7 rings (SSSR count). The van der Waals surface area contributed by atoms with Gasteiger partial charge < -0.3 is 14.7 Å². The Balaban J connectivity index is 1.25. The second-order valence-corrected chi connectivity index (χ2v) is 9.58. The summed E-state index contributed by atoms with van der Waals surface area (Å²) >= 11 is 0. The number of carbonyl (C=O) groups excluding carboxylic acids is 1. The molecule has 1 aliphatic heterocycles. The fraction of sp³-hybridized carbons (Fsp3) is 0.214. The van der Waals surface area contributed by atoms with Crippen molar-refractivity contribution < 1.29 is 9.21 Å². The van der Waals surface area contributed by atoms with Gasteiger partial charge in [-0.2, -0.15) is 5.10 Å². The molecule has 0 aromatic carbocycles. The van der Waals surface area contributed by atoms with Gasteiger partial charge in [-0.15, -0.1) is 0 Å². The number of hydrogen-bond donors (Lipinski definition) is 3. The number of aromatic amines is 2. The lowest BCUT2D eigenvalue weighted by Gasteiger charge is -2.24. The number of furan rings is 1. The summed E-state index contributed by atoms with van der Waals surface area (Å²) in [7, 11) is 0. The summed E-state index contributed by atoms with van der Waals surface area (Å²) < 4.78 is 5.32. The third-order valence-electron chi connectivity index (χ3n) is 7.15.